The molecule has 0 saturated heterocycles. The largest absolute Gasteiger partial charge is 0.355 e. The third kappa shape index (κ3) is 1.65. The Morgan fingerprint density at radius 3 is 2.76 bits per heavy atom. The first-order valence-electron chi connectivity index (χ1n) is 5.56. The maximum Gasteiger partial charge on any atom is 0.125 e. The highest BCUT2D eigenvalue weighted by molar-refractivity contribution is 5.86. The molecule has 2 aromatic rings. The highest BCUT2D eigenvalue weighted by atomic mass is 16.1. The molecule has 0 saturated carbocycles. The van der Waals surface area contributed by atoms with Crippen LogP contribution in [-0.4, -0.2) is 5.94 Å². The molecule has 0 aliphatic carbocycles. The summed E-state index contributed by atoms with van der Waals surface area (Å²) in [7, 11) is 0. The molecule has 0 fully saturated rings. The predicted molar refractivity (Wildman–Crippen MR) is 69.1 cm³/mol. The molecule has 0 atom stereocenters. The molecule has 17 heavy (non-hydrogen) atoms. The zero-order valence-corrected chi connectivity index (χ0v) is 9.23. The van der Waals surface area contributed by atoms with E-state index < -0.39 is 0 Å². The van der Waals surface area contributed by atoms with E-state index in [0.717, 1.165) is 23.4 Å². The molecule has 1 heterocycles. The Balaban J connectivity index is 2.14. The van der Waals surface area contributed by atoms with Gasteiger partial charge in [-0.3, -0.25) is 0 Å². The Morgan fingerprint density at radius 1 is 1.06 bits per heavy atom. The summed E-state index contributed by atoms with van der Waals surface area (Å²) in [5.41, 5.74) is 5.54. The van der Waals surface area contributed by atoms with Gasteiger partial charge in [0, 0.05) is 23.7 Å². The van der Waals surface area contributed by atoms with Crippen LogP contribution in [0.2, 0.25) is 0 Å². The third-order valence-electron chi connectivity index (χ3n) is 3.06. The van der Waals surface area contributed by atoms with Crippen molar-refractivity contribution in [2.24, 2.45) is 0 Å². The molecule has 2 aromatic carbocycles. The number of hydrogen-bond donors (Lipinski definition) is 1. The van der Waals surface area contributed by atoms with Crippen molar-refractivity contribution in [1.29, 1.82) is 0 Å². The fourth-order valence-corrected chi connectivity index (χ4v) is 2.24. The first kappa shape index (κ1) is 9.88. The van der Waals surface area contributed by atoms with Gasteiger partial charge in [0.1, 0.15) is 5.94 Å². The van der Waals surface area contributed by atoms with Crippen molar-refractivity contribution in [2.45, 2.75) is 6.42 Å². The smallest absolute Gasteiger partial charge is 0.125 e. The van der Waals surface area contributed by atoms with Gasteiger partial charge >= 0.3 is 0 Å². The minimum atomic E-state index is 0.895. The molecule has 2 nitrogen and oxygen atoms in total. The van der Waals surface area contributed by atoms with Gasteiger partial charge in [-0.25, -0.2) is 4.79 Å². The van der Waals surface area contributed by atoms with Crippen LogP contribution < -0.4 is 5.32 Å². The van der Waals surface area contributed by atoms with Gasteiger partial charge in [-0.05, 0) is 17.2 Å². The van der Waals surface area contributed by atoms with Crippen LogP contribution in [0, 0.1) is 0 Å². The normalized spacial score (nSPS) is 11.8. The number of rotatable bonds is 1. The van der Waals surface area contributed by atoms with Crippen molar-refractivity contribution in [3.8, 4) is 0 Å². The lowest BCUT2D eigenvalue weighted by Crippen LogP contribution is -2.07. The highest BCUT2D eigenvalue weighted by Gasteiger charge is 2.15. The molecule has 1 aliphatic rings. The SMILES string of the molecule is O=C=Cc1cccc2c1Nc1ccccc1C2. The molecule has 82 valence electrons. The van der Waals surface area contributed by atoms with Crippen molar-refractivity contribution >= 4 is 23.4 Å². The summed E-state index contributed by atoms with van der Waals surface area (Å²) in [5.74, 6) is 1.84. The Kier molecular flexibility index (Phi) is 2.28. The quantitative estimate of drug-likeness (QED) is 0.639. The van der Waals surface area contributed by atoms with Gasteiger partial charge in [0.05, 0.1) is 5.69 Å². The van der Waals surface area contributed by atoms with Crippen molar-refractivity contribution in [3.63, 3.8) is 0 Å². The molecule has 2 heteroatoms. The second kappa shape index (κ2) is 3.93. The summed E-state index contributed by atoms with van der Waals surface area (Å²) in [5, 5.41) is 3.38. The maximum absolute atomic E-state index is 10.5. The van der Waals surface area contributed by atoms with Crippen molar-refractivity contribution in [3.05, 3.63) is 59.2 Å². The van der Waals surface area contributed by atoms with E-state index in [0.29, 0.717) is 0 Å². The lowest BCUT2D eigenvalue weighted by atomic mass is 9.95. The van der Waals surface area contributed by atoms with E-state index in [4.69, 9.17) is 0 Å². The topological polar surface area (TPSA) is 29.1 Å². The summed E-state index contributed by atoms with van der Waals surface area (Å²) < 4.78 is 0. The first-order valence-corrected chi connectivity index (χ1v) is 5.56. The molecule has 0 spiro atoms. The number of nitrogens with one attached hydrogen (secondary N) is 1. The van der Waals surface area contributed by atoms with Crippen LogP contribution in [0.25, 0.3) is 6.08 Å². The van der Waals surface area contributed by atoms with Crippen LogP contribution >= 0.6 is 0 Å². The summed E-state index contributed by atoms with van der Waals surface area (Å²) in [6.07, 6.45) is 2.37. The minimum Gasteiger partial charge on any atom is -0.355 e. The molecule has 1 N–H and O–H groups in total. The zero-order chi connectivity index (χ0) is 11.7. The van der Waals surface area contributed by atoms with E-state index in [1.54, 1.807) is 0 Å². The van der Waals surface area contributed by atoms with Crippen molar-refractivity contribution in [1.82, 2.24) is 0 Å². The van der Waals surface area contributed by atoms with Crippen molar-refractivity contribution in [2.75, 3.05) is 5.32 Å². The molecule has 0 radical (unpaired) electrons. The van der Waals surface area contributed by atoms with Crippen LogP contribution in [0.15, 0.2) is 42.5 Å². The van der Waals surface area contributed by atoms with Crippen LogP contribution in [-0.2, 0) is 11.2 Å². The number of carbonyl (C=O) groups excluding carboxylic acids is 1. The Bertz CT molecular complexity index is 625. The number of para-hydroxylation sites is 2. The van der Waals surface area contributed by atoms with Crippen LogP contribution in [0.5, 0.6) is 0 Å². The van der Waals surface area contributed by atoms with Crippen molar-refractivity contribution < 1.29 is 4.79 Å². The first-order chi connectivity index (χ1) is 8.38. The van der Waals surface area contributed by atoms with Gasteiger partial charge in [0.15, 0.2) is 0 Å². The predicted octanol–water partition coefficient (Wildman–Crippen LogP) is 3.18. The molecule has 0 bridgehead atoms. The number of fused-ring (bicyclic) bond motifs is 2. The molecule has 1 aliphatic heterocycles. The second-order valence-electron chi connectivity index (χ2n) is 4.10. The van der Waals surface area contributed by atoms with Gasteiger partial charge < -0.3 is 5.32 Å². The van der Waals surface area contributed by atoms with E-state index in [2.05, 4.69) is 23.5 Å². The van der Waals surface area contributed by atoms with Gasteiger partial charge in [0.25, 0.3) is 0 Å². The Hall–Kier alpha value is -2.31. The number of benzene rings is 2. The number of hydrogen-bond acceptors (Lipinski definition) is 2. The van der Waals surface area contributed by atoms with Crippen LogP contribution in [0.4, 0.5) is 11.4 Å². The maximum atomic E-state index is 10.5. The van der Waals surface area contributed by atoms with E-state index >= 15 is 0 Å². The molecule has 0 amide bonds. The standard InChI is InChI=1S/C15H11NO/c17-9-8-11-5-3-6-13-10-12-4-1-2-7-14(12)16-15(11)13/h1-8,16H,10H2. The molecule has 0 aromatic heterocycles. The van der Waals surface area contributed by atoms with Gasteiger partial charge in [-0.15, -0.1) is 0 Å². The summed E-state index contributed by atoms with van der Waals surface area (Å²) >= 11 is 0. The van der Waals surface area contributed by atoms with Gasteiger partial charge in [-0.2, -0.15) is 0 Å². The molecular formula is C15H11NO. The summed E-state index contributed by atoms with van der Waals surface area (Å²) in [6, 6.07) is 14.2. The average molecular weight is 221 g/mol. The van der Waals surface area contributed by atoms with Crippen LogP contribution in [0.1, 0.15) is 16.7 Å². The van der Waals surface area contributed by atoms with Gasteiger partial charge in [0.2, 0.25) is 0 Å². The average Bonchev–Trinajstić information content (AvgIpc) is 2.37. The van der Waals surface area contributed by atoms with Gasteiger partial charge in [-0.1, -0.05) is 36.4 Å². The summed E-state index contributed by atoms with van der Waals surface area (Å²) in [4.78, 5) is 10.5. The fraction of sp³-hybridized carbons (Fsp3) is 0.0667. The monoisotopic (exact) mass is 221 g/mol. The van der Waals surface area contributed by atoms with E-state index in [-0.39, 0.29) is 0 Å². The highest BCUT2D eigenvalue weighted by Crippen LogP contribution is 2.34. The van der Waals surface area contributed by atoms with E-state index in [1.165, 1.54) is 17.2 Å². The fourth-order valence-electron chi connectivity index (χ4n) is 2.24. The molecule has 3 rings (SSSR count). The zero-order valence-electron chi connectivity index (χ0n) is 9.23. The number of anilines is 2. The lowest BCUT2D eigenvalue weighted by molar-refractivity contribution is 0.570. The Morgan fingerprint density at radius 2 is 1.88 bits per heavy atom. The summed E-state index contributed by atoms with van der Waals surface area (Å²) in [6.45, 7) is 0. The molecular weight excluding hydrogens is 210 g/mol. The Labute approximate surface area is 99.6 Å². The third-order valence-corrected chi connectivity index (χ3v) is 3.06. The van der Waals surface area contributed by atoms with E-state index in [9.17, 15) is 4.79 Å². The molecule has 0 unspecified atom stereocenters. The minimum absolute atomic E-state index is 0.895. The van der Waals surface area contributed by atoms with E-state index in [1.807, 2.05) is 30.2 Å². The second-order valence-corrected chi connectivity index (χ2v) is 4.10. The van der Waals surface area contributed by atoms with Crippen LogP contribution in [0.3, 0.4) is 0 Å². The lowest BCUT2D eigenvalue weighted by Gasteiger charge is -2.22.